The van der Waals surface area contributed by atoms with E-state index in [1.165, 1.54) is 11.1 Å². The van der Waals surface area contributed by atoms with E-state index in [1.54, 1.807) is 6.07 Å². The predicted molar refractivity (Wildman–Crippen MR) is 170 cm³/mol. The topological polar surface area (TPSA) is 41.6 Å². The number of fused-ring (bicyclic) bond motifs is 1. The molecule has 220 valence electrons. The number of nitrogens with zero attached hydrogens (tertiary/aromatic N) is 1. The SMILES string of the molecule is CC1(C(=O)Nc2ccc3c(c2)CCCC(c2ccc(Cl)cc2Cl)=C3c2ccc(OC3CCN(CCCF)C3)cc2)CC1. The number of nitrogens with one attached hydrogen (secondary N) is 1. The molecule has 0 bridgehead atoms. The van der Waals surface area contributed by atoms with Crippen molar-refractivity contribution in [3.63, 3.8) is 0 Å². The van der Waals surface area contributed by atoms with E-state index in [1.807, 2.05) is 37.3 Å². The van der Waals surface area contributed by atoms with Crippen LogP contribution >= 0.6 is 23.2 Å². The van der Waals surface area contributed by atoms with Gasteiger partial charge in [0.15, 0.2) is 0 Å². The summed E-state index contributed by atoms with van der Waals surface area (Å²) >= 11 is 13.1. The molecule has 1 aliphatic heterocycles. The van der Waals surface area contributed by atoms with Crippen molar-refractivity contribution in [2.45, 2.75) is 58.0 Å². The number of rotatable bonds is 9. The molecule has 1 atom stereocenters. The molecule has 0 spiro atoms. The van der Waals surface area contributed by atoms with Gasteiger partial charge in [0.2, 0.25) is 5.91 Å². The monoisotopic (exact) mass is 606 g/mol. The number of benzene rings is 3. The lowest BCUT2D eigenvalue weighted by atomic mass is 9.87. The van der Waals surface area contributed by atoms with Gasteiger partial charge in [-0.1, -0.05) is 54.4 Å². The van der Waals surface area contributed by atoms with Crippen molar-refractivity contribution in [1.82, 2.24) is 4.90 Å². The Labute approximate surface area is 257 Å². The average molecular weight is 608 g/mol. The minimum atomic E-state index is -0.277. The Morgan fingerprint density at radius 3 is 2.57 bits per heavy atom. The minimum absolute atomic E-state index is 0.101. The fourth-order valence-corrected chi connectivity index (χ4v) is 6.69. The van der Waals surface area contributed by atoms with E-state index in [0.717, 1.165) is 91.9 Å². The van der Waals surface area contributed by atoms with Crippen LogP contribution in [0.1, 0.15) is 67.7 Å². The van der Waals surface area contributed by atoms with Crippen LogP contribution in [0.2, 0.25) is 10.0 Å². The van der Waals surface area contributed by atoms with Gasteiger partial charge in [0, 0.05) is 40.8 Å². The van der Waals surface area contributed by atoms with Crippen molar-refractivity contribution < 1.29 is 13.9 Å². The Kier molecular flexibility index (Phi) is 8.63. The van der Waals surface area contributed by atoms with Crippen LogP contribution in [0.5, 0.6) is 5.75 Å². The quantitative estimate of drug-likeness (QED) is 0.264. The van der Waals surface area contributed by atoms with E-state index in [9.17, 15) is 9.18 Å². The maximum Gasteiger partial charge on any atom is 0.230 e. The highest BCUT2D eigenvalue weighted by Gasteiger charge is 2.44. The van der Waals surface area contributed by atoms with Crippen LogP contribution in [-0.2, 0) is 11.2 Å². The van der Waals surface area contributed by atoms with Crippen LogP contribution in [0.25, 0.3) is 11.1 Å². The van der Waals surface area contributed by atoms with E-state index in [2.05, 4.69) is 34.5 Å². The number of amides is 1. The number of allylic oxidation sites excluding steroid dienone is 1. The molecule has 3 aromatic rings. The second-order valence-corrected chi connectivity index (χ2v) is 13.0. The highest BCUT2D eigenvalue weighted by molar-refractivity contribution is 6.36. The summed E-state index contributed by atoms with van der Waals surface area (Å²) in [6, 6.07) is 20.4. The van der Waals surface area contributed by atoms with Crippen molar-refractivity contribution in [3.05, 3.63) is 93.0 Å². The molecule has 1 saturated carbocycles. The largest absolute Gasteiger partial charge is 0.489 e. The molecule has 3 aliphatic rings. The number of alkyl halides is 1. The summed E-state index contributed by atoms with van der Waals surface area (Å²) in [4.78, 5) is 15.0. The van der Waals surface area contributed by atoms with Crippen LogP contribution in [0, 0.1) is 5.41 Å². The molecule has 1 amide bonds. The van der Waals surface area contributed by atoms with E-state index in [0.29, 0.717) is 16.5 Å². The number of ether oxygens (including phenoxy) is 1. The van der Waals surface area contributed by atoms with Crippen LogP contribution in [0.3, 0.4) is 0 Å². The lowest BCUT2D eigenvalue weighted by Crippen LogP contribution is -2.26. The summed E-state index contributed by atoms with van der Waals surface area (Å²) < 4.78 is 18.9. The van der Waals surface area contributed by atoms with E-state index < -0.39 is 0 Å². The molecule has 1 unspecified atom stereocenters. The summed E-state index contributed by atoms with van der Waals surface area (Å²) in [6.45, 7) is 4.30. The molecule has 6 rings (SSSR count). The van der Waals surface area contributed by atoms with Crippen molar-refractivity contribution >= 4 is 45.9 Å². The van der Waals surface area contributed by atoms with Crippen molar-refractivity contribution in [2.75, 3.05) is 31.6 Å². The Morgan fingerprint density at radius 2 is 1.83 bits per heavy atom. The van der Waals surface area contributed by atoms with Crippen molar-refractivity contribution in [3.8, 4) is 5.75 Å². The first-order valence-electron chi connectivity index (χ1n) is 15.0. The third-order valence-electron chi connectivity index (χ3n) is 8.89. The lowest BCUT2D eigenvalue weighted by molar-refractivity contribution is -0.120. The minimum Gasteiger partial charge on any atom is -0.489 e. The van der Waals surface area contributed by atoms with Gasteiger partial charge in [0.25, 0.3) is 0 Å². The Hall–Kier alpha value is -2.86. The number of halogens is 3. The number of hydrogen-bond donors (Lipinski definition) is 1. The van der Waals surface area contributed by atoms with Gasteiger partial charge in [-0.05, 0) is 115 Å². The third kappa shape index (κ3) is 6.39. The fourth-order valence-electron chi connectivity index (χ4n) is 6.17. The molecule has 0 aromatic heterocycles. The third-order valence-corrected chi connectivity index (χ3v) is 9.44. The zero-order chi connectivity index (χ0) is 29.3. The summed E-state index contributed by atoms with van der Waals surface area (Å²) in [6.07, 6.45) is 6.25. The summed E-state index contributed by atoms with van der Waals surface area (Å²) in [5.74, 6) is 0.937. The average Bonchev–Trinajstić information content (AvgIpc) is 3.63. The lowest BCUT2D eigenvalue weighted by Gasteiger charge is -2.20. The smallest absolute Gasteiger partial charge is 0.230 e. The molecule has 4 nitrogen and oxygen atoms in total. The molecule has 1 saturated heterocycles. The van der Waals surface area contributed by atoms with Crippen LogP contribution in [0.15, 0.2) is 60.7 Å². The number of hydrogen-bond acceptors (Lipinski definition) is 3. The molecule has 3 aromatic carbocycles. The van der Waals surface area contributed by atoms with Crippen molar-refractivity contribution in [1.29, 1.82) is 0 Å². The standard InChI is InChI=1S/C35H37Cl2FN2O2/c1-35(15-16-35)34(41)39-26-9-13-29-24(20-26)4-2-5-31(30-12-8-25(36)21-32(30)37)33(29)23-6-10-27(11-7-23)42-28-14-19-40(22-28)18-3-17-38/h6-13,20-21,28H,2-5,14-19,22H2,1H3,(H,39,41). The number of carbonyl (C=O) groups is 1. The van der Waals surface area contributed by atoms with E-state index in [-0.39, 0.29) is 24.1 Å². The first-order chi connectivity index (χ1) is 20.3. The zero-order valence-electron chi connectivity index (χ0n) is 24.0. The number of aryl methyl sites for hydroxylation is 1. The summed E-state index contributed by atoms with van der Waals surface area (Å²) in [5, 5.41) is 4.40. The molecule has 2 fully saturated rings. The number of anilines is 1. The van der Waals surface area contributed by atoms with Gasteiger partial charge in [-0.3, -0.25) is 14.1 Å². The first kappa shape index (κ1) is 29.2. The molecule has 2 aliphatic carbocycles. The van der Waals surface area contributed by atoms with Crippen LogP contribution in [0.4, 0.5) is 10.1 Å². The summed E-state index contributed by atoms with van der Waals surface area (Å²) in [5.41, 5.74) is 7.38. The summed E-state index contributed by atoms with van der Waals surface area (Å²) in [7, 11) is 0. The van der Waals surface area contributed by atoms with Gasteiger partial charge in [0.05, 0.1) is 6.67 Å². The second-order valence-electron chi connectivity index (χ2n) is 12.1. The Bertz CT molecular complexity index is 1500. The molecule has 7 heteroatoms. The first-order valence-corrected chi connectivity index (χ1v) is 15.8. The van der Waals surface area contributed by atoms with E-state index >= 15 is 0 Å². The Balaban J connectivity index is 1.33. The van der Waals surface area contributed by atoms with Gasteiger partial charge in [-0.15, -0.1) is 0 Å². The molecule has 1 N–H and O–H groups in total. The molecule has 42 heavy (non-hydrogen) atoms. The van der Waals surface area contributed by atoms with Crippen LogP contribution < -0.4 is 10.1 Å². The zero-order valence-corrected chi connectivity index (χ0v) is 25.5. The van der Waals surface area contributed by atoms with Gasteiger partial charge < -0.3 is 10.1 Å². The fraction of sp³-hybridized carbons (Fsp3) is 0.400. The molecule has 1 heterocycles. The maximum absolute atomic E-state index is 12.8. The number of carbonyl (C=O) groups excluding carboxylic acids is 1. The highest BCUT2D eigenvalue weighted by atomic mass is 35.5. The second kappa shape index (κ2) is 12.4. The Morgan fingerprint density at radius 1 is 1.05 bits per heavy atom. The molecular weight excluding hydrogens is 570 g/mol. The van der Waals surface area contributed by atoms with Crippen molar-refractivity contribution in [2.24, 2.45) is 5.41 Å². The van der Waals surface area contributed by atoms with Gasteiger partial charge in [-0.2, -0.15) is 0 Å². The molecule has 0 radical (unpaired) electrons. The van der Waals surface area contributed by atoms with Gasteiger partial charge in [-0.25, -0.2) is 0 Å². The van der Waals surface area contributed by atoms with E-state index in [4.69, 9.17) is 27.9 Å². The number of likely N-dealkylation sites (tertiary alicyclic amines) is 1. The maximum atomic E-state index is 12.8. The normalized spacial score (nSPS) is 19.8. The predicted octanol–water partition coefficient (Wildman–Crippen LogP) is 8.84. The van der Waals surface area contributed by atoms with Gasteiger partial charge in [0.1, 0.15) is 11.9 Å². The van der Waals surface area contributed by atoms with Crippen LogP contribution in [-0.4, -0.2) is 43.2 Å². The van der Waals surface area contributed by atoms with Gasteiger partial charge >= 0.3 is 0 Å². The highest BCUT2D eigenvalue weighted by Crippen LogP contribution is 2.46. The molecular formula is C35H37Cl2FN2O2.